The van der Waals surface area contributed by atoms with Gasteiger partial charge in [-0.1, -0.05) is 13.8 Å². The fraction of sp³-hybridized carbons (Fsp3) is 0.667. The van der Waals surface area contributed by atoms with Crippen LogP contribution in [0, 0.1) is 11.8 Å². The van der Waals surface area contributed by atoms with Crippen molar-refractivity contribution in [3.63, 3.8) is 0 Å². The van der Waals surface area contributed by atoms with E-state index in [0.29, 0.717) is 5.92 Å². The summed E-state index contributed by atoms with van der Waals surface area (Å²) in [5.74, 6) is 3.19. The lowest BCUT2D eigenvalue weighted by molar-refractivity contribution is 0.114. The quantitative estimate of drug-likeness (QED) is 0.802. The van der Waals surface area contributed by atoms with E-state index in [2.05, 4.69) is 18.7 Å². The van der Waals surface area contributed by atoms with Gasteiger partial charge < -0.3 is 15.2 Å². The van der Waals surface area contributed by atoms with Crippen LogP contribution in [0.3, 0.4) is 0 Å². The number of rotatable bonds is 8. The Morgan fingerprint density at radius 3 is 2.36 bits per heavy atom. The van der Waals surface area contributed by atoms with E-state index in [-0.39, 0.29) is 0 Å². The Morgan fingerprint density at radius 2 is 1.77 bits per heavy atom. The fourth-order valence-corrected chi connectivity index (χ4v) is 2.88. The van der Waals surface area contributed by atoms with Crippen molar-refractivity contribution in [2.45, 2.75) is 26.7 Å². The van der Waals surface area contributed by atoms with Crippen LogP contribution in [0.15, 0.2) is 24.3 Å². The molecule has 0 spiro atoms. The molecule has 4 heteroatoms. The molecule has 1 aromatic rings. The van der Waals surface area contributed by atoms with E-state index in [4.69, 9.17) is 15.2 Å². The number of nitrogens with zero attached hydrogens (tertiary/aromatic N) is 1. The van der Waals surface area contributed by atoms with Crippen LogP contribution in [-0.2, 0) is 0 Å². The molecule has 1 aliphatic heterocycles. The van der Waals surface area contributed by atoms with Gasteiger partial charge in [-0.15, -0.1) is 0 Å². The zero-order chi connectivity index (χ0) is 15.8. The van der Waals surface area contributed by atoms with Crippen molar-refractivity contribution >= 4 is 0 Å². The number of likely N-dealkylation sites (tertiary alicyclic amines) is 1. The molecule has 1 heterocycles. The Morgan fingerprint density at radius 1 is 1.14 bits per heavy atom. The maximum Gasteiger partial charge on any atom is 0.119 e. The molecule has 0 bridgehead atoms. The highest BCUT2D eigenvalue weighted by atomic mass is 16.5. The maximum atomic E-state index is 5.85. The van der Waals surface area contributed by atoms with E-state index in [1.807, 2.05) is 24.3 Å². The second-order valence-corrected chi connectivity index (χ2v) is 6.23. The first kappa shape index (κ1) is 17.1. The SMILES string of the molecule is CCCOc1ccc(OCCN2CCC(C)C(CN)C2)cc1. The van der Waals surface area contributed by atoms with Crippen molar-refractivity contribution in [1.82, 2.24) is 4.90 Å². The summed E-state index contributed by atoms with van der Waals surface area (Å²) in [4.78, 5) is 2.47. The van der Waals surface area contributed by atoms with Gasteiger partial charge >= 0.3 is 0 Å². The zero-order valence-corrected chi connectivity index (χ0v) is 14.0. The molecule has 2 atom stereocenters. The number of nitrogens with two attached hydrogens (primary N) is 1. The second kappa shape index (κ2) is 9.01. The van der Waals surface area contributed by atoms with Crippen molar-refractivity contribution in [1.29, 1.82) is 0 Å². The van der Waals surface area contributed by atoms with E-state index >= 15 is 0 Å². The molecule has 2 N–H and O–H groups in total. The minimum atomic E-state index is 0.628. The molecular weight excluding hydrogens is 276 g/mol. The third-order valence-electron chi connectivity index (χ3n) is 4.47. The van der Waals surface area contributed by atoms with Gasteiger partial charge in [0.25, 0.3) is 0 Å². The number of benzene rings is 1. The zero-order valence-electron chi connectivity index (χ0n) is 14.0. The first-order valence-electron chi connectivity index (χ1n) is 8.51. The predicted molar refractivity (Wildman–Crippen MR) is 90.5 cm³/mol. The summed E-state index contributed by atoms with van der Waals surface area (Å²) >= 11 is 0. The van der Waals surface area contributed by atoms with Gasteiger partial charge in [0.15, 0.2) is 0 Å². The molecule has 1 saturated heterocycles. The Bertz CT molecular complexity index is 422. The minimum Gasteiger partial charge on any atom is -0.494 e. The molecule has 1 aromatic carbocycles. The molecule has 4 nitrogen and oxygen atoms in total. The van der Waals surface area contributed by atoms with Crippen molar-refractivity contribution in [2.75, 3.05) is 39.4 Å². The Kier molecular flexibility index (Phi) is 7.00. The summed E-state index contributed by atoms with van der Waals surface area (Å²) in [6.07, 6.45) is 2.27. The standard InChI is InChI=1S/C18H30N2O2/c1-3-11-21-17-4-6-18(7-5-17)22-12-10-20-9-8-15(2)16(13-19)14-20/h4-7,15-16H,3,8-14,19H2,1-2H3. The summed E-state index contributed by atoms with van der Waals surface area (Å²) in [5, 5.41) is 0. The van der Waals surface area contributed by atoms with Gasteiger partial charge in [-0.2, -0.15) is 0 Å². The average molecular weight is 306 g/mol. The number of ether oxygens (including phenoxy) is 2. The molecule has 124 valence electrons. The minimum absolute atomic E-state index is 0.628. The van der Waals surface area contributed by atoms with E-state index in [1.54, 1.807) is 0 Å². The van der Waals surface area contributed by atoms with Gasteiger partial charge in [0.1, 0.15) is 18.1 Å². The molecule has 0 amide bonds. The monoisotopic (exact) mass is 306 g/mol. The van der Waals surface area contributed by atoms with Gasteiger partial charge in [0, 0.05) is 13.1 Å². The number of hydrogen-bond donors (Lipinski definition) is 1. The van der Waals surface area contributed by atoms with Crippen LogP contribution in [0.2, 0.25) is 0 Å². The highest BCUT2D eigenvalue weighted by molar-refractivity contribution is 5.31. The normalized spacial score (nSPS) is 22.5. The molecule has 0 saturated carbocycles. The first-order chi connectivity index (χ1) is 10.7. The molecule has 1 aliphatic rings. The van der Waals surface area contributed by atoms with Crippen molar-refractivity contribution in [3.8, 4) is 11.5 Å². The Balaban J connectivity index is 1.70. The highest BCUT2D eigenvalue weighted by Gasteiger charge is 2.24. The third-order valence-corrected chi connectivity index (χ3v) is 4.47. The molecule has 2 rings (SSSR count). The van der Waals surface area contributed by atoms with Gasteiger partial charge in [0.2, 0.25) is 0 Å². The van der Waals surface area contributed by atoms with Gasteiger partial charge in [-0.05, 0) is 62.0 Å². The van der Waals surface area contributed by atoms with Crippen LogP contribution in [0.25, 0.3) is 0 Å². The maximum absolute atomic E-state index is 5.85. The molecule has 1 fully saturated rings. The lowest BCUT2D eigenvalue weighted by Gasteiger charge is -2.36. The van der Waals surface area contributed by atoms with Crippen molar-refractivity contribution < 1.29 is 9.47 Å². The largest absolute Gasteiger partial charge is 0.494 e. The average Bonchev–Trinajstić information content (AvgIpc) is 2.55. The summed E-state index contributed by atoms with van der Waals surface area (Å²) in [7, 11) is 0. The number of hydrogen-bond acceptors (Lipinski definition) is 4. The molecular formula is C18H30N2O2. The van der Waals surface area contributed by atoms with E-state index in [0.717, 1.165) is 63.2 Å². The van der Waals surface area contributed by atoms with Crippen molar-refractivity contribution in [3.05, 3.63) is 24.3 Å². The molecule has 0 aromatic heterocycles. The highest BCUT2D eigenvalue weighted by Crippen LogP contribution is 2.22. The van der Waals surface area contributed by atoms with Crippen molar-refractivity contribution in [2.24, 2.45) is 17.6 Å². The van der Waals surface area contributed by atoms with Crippen LogP contribution >= 0.6 is 0 Å². The predicted octanol–water partition coefficient (Wildman–Crippen LogP) is 2.77. The topological polar surface area (TPSA) is 47.7 Å². The second-order valence-electron chi connectivity index (χ2n) is 6.23. The van der Waals surface area contributed by atoms with Gasteiger partial charge in [-0.25, -0.2) is 0 Å². The van der Waals surface area contributed by atoms with E-state index < -0.39 is 0 Å². The first-order valence-corrected chi connectivity index (χ1v) is 8.51. The lowest BCUT2D eigenvalue weighted by atomic mass is 9.87. The third kappa shape index (κ3) is 5.18. The summed E-state index contributed by atoms with van der Waals surface area (Å²) < 4.78 is 11.4. The summed E-state index contributed by atoms with van der Waals surface area (Å²) in [6.45, 7) is 9.92. The fourth-order valence-electron chi connectivity index (χ4n) is 2.88. The smallest absolute Gasteiger partial charge is 0.119 e. The van der Waals surface area contributed by atoms with Crippen LogP contribution in [0.1, 0.15) is 26.7 Å². The van der Waals surface area contributed by atoms with Gasteiger partial charge in [0.05, 0.1) is 6.61 Å². The molecule has 2 unspecified atom stereocenters. The van der Waals surface area contributed by atoms with Crippen LogP contribution in [0.5, 0.6) is 11.5 Å². The summed E-state index contributed by atoms with van der Waals surface area (Å²) in [6, 6.07) is 7.90. The van der Waals surface area contributed by atoms with Crippen LogP contribution in [0.4, 0.5) is 0 Å². The Labute approximate surface area is 134 Å². The van der Waals surface area contributed by atoms with E-state index in [1.165, 1.54) is 6.42 Å². The van der Waals surface area contributed by atoms with E-state index in [9.17, 15) is 0 Å². The Hall–Kier alpha value is -1.26. The van der Waals surface area contributed by atoms with Crippen LogP contribution < -0.4 is 15.2 Å². The number of piperidine rings is 1. The molecule has 0 radical (unpaired) electrons. The van der Waals surface area contributed by atoms with Gasteiger partial charge in [-0.3, -0.25) is 4.90 Å². The lowest BCUT2D eigenvalue weighted by Crippen LogP contribution is -2.44. The molecule has 0 aliphatic carbocycles. The molecule has 22 heavy (non-hydrogen) atoms. The summed E-state index contributed by atoms with van der Waals surface area (Å²) in [5.41, 5.74) is 5.85. The van der Waals surface area contributed by atoms with Crippen LogP contribution in [-0.4, -0.2) is 44.3 Å².